The Labute approximate surface area is 144 Å². The van der Waals surface area contributed by atoms with Gasteiger partial charge >= 0.3 is 0 Å². The molecule has 0 N–H and O–H groups in total. The minimum atomic E-state index is -0.0356. The molecule has 1 aliphatic carbocycles. The summed E-state index contributed by atoms with van der Waals surface area (Å²) in [5.74, 6) is 0.809. The smallest absolute Gasteiger partial charge is 0.261 e. The Hall–Kier alpha value is -2.59. The molecule has 5 heteroatoms. The number of nitrogens with zero attached hydrogens (tertiary/aromatic N) is 2. The lowest BCUT2D eigenvalue weighted by Gasteiger charge is -2.06. The van der Waals surface area contributed by atoms with E-state index in [0.717, 1.165) is 34.6 Å². The van der Waals surface area contributed by atoms with Crippen LogP contribution in [0.25, 0.3) is 17.3 Å². The maximum Gasteiger partial charge on any atom is 0.261 e. The van der Waals surface area contributed by atoms with Gasteiger partial charge < -0.3 is 4.74 Å². The highest BCUT2D eigenvalue weighted by atomic mass is 35.5. The van der Waals surface area contributed by atoms with Gasteiger partial charge in [0, 0.05) is 11.8 Å². The maximum absolute atomic E-state index is 12.7. The van der Waals surface area contributed by atoms with E-state index in [9.17, 15) is 4.79 Å². The van der Waals surface area contributed by atoms with Gasteiger partial charge in [-0.1, -0.05) is 23.7 Å². The summed E-state index contributed by atoms with van der Waals surface area (Å²) in [6, 6.07) is 11.4. The van der Waals surface area contributed by atoms with Crippen LogP contribution in [0.2, 0.25) is 5.02 Å². The highest BCUT2D eigenvalue weighted by molar-refractivity contribution is 6.30. The molecule has 2 heterocycles. The molecule has 0 spiro atoms. The Kier molecular flexibility index (Phi) is 3.62. The molecule has 0 saturated heterocycles. The van der Waals surface area contributed by atoms with Crippen LogP contribution in [0, 0.1) is 0 Å². The molecule has 24 heavy (non-hydrogen) atoms. The van der Waals surface area contributed by atoms with Crippen molar-refractivity contribution < 1.29 is 4.74 Å². The lowest BCUT2D eigenvalue weighted by molar-refractivity contribution is 0.414. The molecule has 0 atom stereocenters. The molecule has 0 saturated carbocycles. The number of methoxy groups -OCH3 is 1. The largest absolute Gasteiger partial charge is 0.497 e. The minimum absolute atomic E-state index is 0.0356. The molecule has 3 aromatic rings. The van der Waals surface area contributed by atoms with E-state index in [2.05, 4.69) is 11.1 Å². The average Bonchev–Trinajstić information content (AvgIpc) is 2.99. The number of allylic oxidation sites excluding steroid dienone is 1. The summed E-state index contributed by atoms with van der Waals surface area (Å²) in [4.78, 5) is 17.4. The zero-order chi connectivity index (χ0) is 16.7. The van der Waals surface area contributed by atoms with Crippen LogP contribution in [0.4, 0.5) is 0 Å². The zero-order valence-electron chi connectivity index (χ0n) is 13.1. The standard InChI is InChI=1S/C19H15ClN2O2/c1-24-15-4-2-3-12(10-15)9-13-5-7-16-18(13)21-17-8-6-14(20)11-22(17)19(16)23/h2-4,6,8-11H,5,7H2,1H3/b13-9-. The van der Waals surface area contributed by atoms with Gasteiger partial charge in [0.25, 0.3) is 5.56 Å². The first-order valence-corrected chi connectivity index (χ1v) is 8.09. The third-order valence-corrected chi connectivity index (χ3v) is 4.49. The van der Waals surface area contributed by atoms with Crippen molar-refractivity contribution in [2.45, 2.75) is 12.8 Å². The van der Waals surface area contributed by atoms with Crippen LogP contribution >= 0.6 is 11.6 Å². The minimum Gasteiger partial charge on any atom is -0.497 e. The average molecular weight is 339 g/mol. The second-order valence-electron chi connectivity index (χ2n) is 5.77. The number of pyridine rings is 1. The van der Waals surface area contributed by atoms with Crippen LogP contribution in [0.15, 0.2) is 47.4 Å². The molecule has 4 rings (SSSR count). The Morgan fingerprint density at radius 2 is 2.12 bits per heavy atom. The number of benzene rings is 1. The van der Waals surface area contributed by atoms with Gasteiger partial charge in [-0.3, -0.25) is 9.20 Å². The number of aromatic nitrogens is 2. The summed E-state index contributed by atoms with van der Waals surface area (Å²) in [5, 5.41) is 0.525. The molecule has 1 aromatic carbocycles. The fourth-order valence-electron chi connectivity index (χ4n) is 3.09. The Morgan fingerprint density at radius 3 is 2.96 bits per heavy atom. The van der Waals surface area contributed by atoms with Gasteiger partial charge in [-0.05, 0) is 54.3 Å². The zero-order valence-corrected chi connectivity index (χ0v) is 13.9. The summed E-state index contributed by atoms with van der Waals surface area (Å²) in [6.45, 7) is 0. The predicted octanol–water partition coefficient (Wildman–Crippen LogP) is 3.84. The summed E-state index contributed by atoms with van der Waals surface area (Å²) in [6.07, 6.45) is 5.20. The van der Waals surface area contributed by atoms with Crippen molar-refractivity contribution >= 4 is 28.9 Å². The summed E-state index contributed by atoms with van der Waals surface area (Å²) >= 11 is 6.00. The number of hydrogen-bond donors (Lipinski definition) is 0. The van der Waals surface area contributed by atoms with E-state index in [1.165, 1.54) is 4.40 Å². The normalized spacial score (nSPS) is 15.0. The fraction of sp³-hybridized carbons (Fsp3) is 0.158. The van der Waals surface area contributed by atoms with Crippen molar-refractivity contribution in [3.63, 3.8) is 0 Å². The molecule has 0 fully saturated rings. The van der Waals surface area contributed by atoms with Crippen molar-refractivity contribution in [3.8, 4) is 5.75 Å². The molecular weight excluding hydrogens is 324 g/mol. The van der Waals surface area contributed by atoms with E-state index in [0.29, 0.717) is 17.1 Å². The molecular formula is C19H15ClN2O2. The van der Waals surface area contributed by atoms with E-state index in [1.54, 1.807) is 25.4 Å². The maximum atomic E-state index is 12.7. The monoisotopic (exact) mass is 338 g/mol. The van der Waals surface area contributed by atoms with E-state index in [1.807, 2.05) is 24.3 Å². The third kappa shape index (κ3) is 2.49. The topological polar surface area (TPSA) is 43.6 Å². The van der Waals surface area contributed by atoms with Crippen molar-refractivity contribution in [2.75, 3.05) is 7.11 Å². The molecule has 4 nitrogen and oxygen atoms in total. The SMILES string of the molecule is COc1cccc(/C=C2/CCc3c2nc2ccc(Cl)cn2c3=O)c1. The Morgan fingerprint density at radius 1 is 1.25 bits per heavy atom. The highest BCUT2D eigenvalue weighted by Gasteiger charge is 2.22. The molecule has 2 aromatic heterocycles. The molecule has 1 aliphatic rings. The molecule has 0 unspecified atom stereocenters. The van der Waals surface area contributed by atoms with Crippen molar-refractivity contribution in [2.24, 2.45) is 0 Å². The molecule has 0 radical (unpaired) electrons. The molecule has 120 valence electrons. The van der Waals surface area contributed by atoms with E-state index in [-0.39, 0.29) is 5.56 Å². The number of ether oxygens (including phenoxy) is 1. The van der Waals surface area contributed by atoms with Crippen LogP contribution in [0.5, 0.6) is 5.75 Å². The first kappa shape index (κ1) is 15.0. The van der Waals surface area contributed by atoms with Gasteiger partial charge in [-0.15, -0.1) is 0 Å². The summed E-state index contributed by atoms with van der Waals surface area (Å²) in [7, 11) is 1.65. The molecule has 0 aliphatic heterocycles. The first-order chi connectivity index (χ1) is 11.7. The third-order valence-electron chi connectivity index (χ3n) is 4.26. The van der Waals surface area contributed by atoms with Gasteiger partial charge in [0.1, 0.15) is 11.4 Å². The highest BCUT2D eigenvalue weighted by Crippen LogP contribution is 2.31. The lowest BCUT2D eigenvalue weighted by atomic mass is 10.1. The fourth-order valence-corrected chi connectivity index (χ4v) is 3.25. The van der Waals surface area contributed by atoms with Crippen molar-refractivity contribution in [1.29, 1.82) is 0 Å². The molecule has 0 amide bonds. The second kappa shape index (κ2) is 5.80. The lowest BCUT2D eigenvalue weighted by Crippen LogP contribution is -2.19. The van der Waals surface area contributed by atoms with Gasteiger partial charge in [0.05, 0.1) is 17.8 Å². The van der Waals surface area contributed by atoms with Crippen LogP contribution in [-0.4, -0.2) is 16.5 Å². The van der Waals surface area contributed by atoms with Crippen LogP contribution in [0.1, 0.15) is 23.2 Å². The van der Waals surface area contributed by atoms with Gasteiger partial charge in [0.15, 0.2) is 0 Å². The van der Waals surface area contributed by atoms with Crippen molar-refractivity contribution in [1.82, 2.24) is 9.38 Å². The number of rotatable bonds is 2. The van der Waals surface area contributed by atoms with Crippen LogP contribution in [0.3, 0.4) is 0 Å². The van der Waals surface area contributed by atoms with E-state index in [4.69, 9.17) is 16.3 Å². The number of halogens is 1. The van der Waals surface area contributed by atoms with Crippen LogP contribution < -0.4 is 10.3 Å². The number of fused-ring (bicyclic) bond motifs is 2. The summed E-state index contributed by atoms with van der Waals surface area (Å²) < 4.78 is 6.79. The number of hydrogen-bond acceptors (Lipinski definition) is 3. The Balaban J connectivity index is 1.87. The predicted molar refractivity (Wildman–Crippen MR) is 95.7 cm³/mol. The van der Waals surface area contributed by atoms with E-state index < -0.39 is 0 Å². The quantitative estimate of drug-likeness (QED) is 0.713. The van der Waals surface area contributed by atoms with Gasteiger partial charge in [0.2, 0.25) is 0 Å². The van der Waals surface area contributed by atoms with Gasteiger partial charge in [-0.2, -0.15) is 0 Å². The van der Waals surface area contributed by atoms with E-state index >= 15 is 0 Å². The van der Waals surface area contributed by atoms with Crippen LogP contribution in [-0.2, 0) is 6.42 Å². The molecule has 0 bridgehead atoms. The Bertz CT molecular complexity index is 1040. The summed E-state index contributed by atoms with van der Waals surface area (Å²) in [5.41, 5.74) is 4.24. The first-order valence-electron chi connectivity index (χ1n) is 7.71. The van der Waals surface area contributed by atoms with Gasteiger partial charge in [-0.25, -0.2) is 4.98 Å². The van der Waals surface area contributed by atoms with Crippen molar-refractivity contribution in [3.05, 3.63) is 74.8 Å². The second-order valence-corrected chi connectivity index (χ2v) is 6.20.